The highest BCUT2D eigenvalue weighted by Gasteiger charge is 2.28. The van der Waals surface area contributed by atoms with Gasteiger partial charge in [-0.25, -0.2) is 19.9 Å². The maximum atomic E-state index is 11.3. The normalized spacial score (nSPS) is 11.6. The molecule has 119 heavy (non-hydrogen) atoms. The van der Waals surface area contributed by atoms with Crippen LogP contribution in [-0.4, -0.2) is 135 Å². The van der Waals surface area contributed by atoms with Gasteiger partial charge in [-0.3, -0.25) is 4.79 Å². The molecular formula is C90H90N18O11. The SMILES string of the molecule is COCOc1ccc(Cc2ccc(-c3nn[nH]n3)c(-c3ccc(Cn4cc(C(C)(C)O)nc4C)cc3)c2)cc1.Cc1nc(C(C)(C)O)c(NC=O)n1Cc1ccc(-c2cc(Cc3ccccc3)ccc2C2=NCN=N2)cc1.Cc1nc(C(C)(C)O)cn1Cc1ccc(-c2cc(Cc3cccc(O)c3)ccc2-c2nn[nH]n2)cc1.O=C=O.O=C=O. The summed E-state index contributed by atoms with van der Waals surface area (Å²) in [6.45, 7) is 18.4. The van der Waals surface area contributed by atoms with Crippen molar-refractivity contribution >= 4 is 30.4 Å². The first-order valence-corrected chi connectivity index (χ1v) is 37.8. The van der Waals surface area contributed by atoms with E-state index in [9.17, 15) is 25.2 Å². The first kappa shape index (κ1) is 85.6. The number of hydrogen-bond donors (Lipinski definition) is 7. The second kappa shape index (κ2) is 39.4. The highest BCUT2D eigenvalue weighted by atomic mass is 16.7. The van der Waals surface area contributed by atoms with Gasteiger partial charge in [-0.2, -0.15) is 34.7 Å². The van der Waals surface area contributed by atoms with Crippen LogP contribution in [0.5, 0.6) is 11.5 Å². The standard InChI is InChI=1S/C30H32N6O3.C30H30N6O2.C28H28N6O2.2CO2/c1-20-31-28(30(2,3)37)18-36(20)17-22-5-10-24(11-6-22)27-16-23(9-14-26(27)29-32-34-35-33-29)15-21-7-12-25(13-8-21)39-19-38-4;1-20-34-27(30(2,3)38)29(32-19-37)36(20)17-22-9-12-24(13-10-22)26-16-23(15-21-7-5-4-6-8-21)11-14-25(26)28-31-18-33-35-28;1-18-29-26(28(2,3)36)17-34(18)16-19-7-10-22(11-8-19)25-15-21(13-20-5-4-6-23(35)14-20)9-12-24(25)27-30-32-33-31-27;2*2-1-3/h5-14,16,18,37H,15,17,19H2,1-4H3,(H,32,33,34,35);4-14,16,19,38H,15,17-18H2,1-3H3,(H,32,37);4-12,14-15,17,35-36H,13,16H2,1-3H3,(H,30,31,32,33);;. The number of benzene rings is 9. The summed E-state index contributed by atoms with van der Waals surface area (Å²) in [5, 5.41) is 81.4. The number of phenolic OH excluding ortho intramolecular Hbond substituents is 1. The van der Waals surface area contributed by atoms with Gasteiger partial charge in [-0.1, -0.05) is 182 Å². The molecule has 6 heterocycles. The van der Waals surface area contributed by atoms with Gasteiger partial charge in [-0.05, 0) is 200 Å². The van der Waals surface area contributed by atoms with Crippen molar-refractivity contribution in [3.63, 3.8) is 0 Å². The number of nitrogens with one attached hydrogen (secondary N) is 3. The van der Waals surface area contributed by atoms with E-state index >= 15 is 0 Å². The van der Waals surface area contributed by atoms with Crippen LogP contribution in [0.15, 0.2) is 234 Å². The van der Waals surface area contributed by atoms with Crippen LogP contribution in [0.3, 0.4) is 0 Å². The lowest BCUT2D eigenvalue weighted by atomic mass is 9.93. The summed E-state index contributed by atoms with van der Waals surface area (Å²) in [6.07, 6.45) is 7.22. The highest BCUT2D eigenvalue weighted by Crippen LogP contribution is 2.37. The summed E-state index contributed by atoms with van der Waals surface area (Å²) in [4.78, 5) is 61.8. The zero-order chi connectivity index (χ0) is 84.8. The van der Waals surface area contributed by atoms with Gasteiger partial charge in [0, 0.05) is 49.3 Å². The first-order chi connectivity index (χ1) is 57.2. The number of H-pyrrole nitrogens is 2. The Labute approximate surface area is 686 Å². The molecule has 0 bridgehead atoms. The minimum Gasteiger partial charge on any atom is -0.508 e. The molecule has 9 aromatic carbocycles. The van der Waals surface area contributed by atoms with E-state index in [2.05, 4.69) is 233 Å². The van der Waals surface area contributed by atoms with Crippen molar-refractivity contribution in [2.24, 2.45) is 15.2 Å². The van der Waals surface area contributed by atoms with E-state index in [1.165, 1.54) is 22.3 Å². The maximum Gasteiger partial charge on any atom is 0.373 e. The quantitative estimate of drug-likeness (QED) is 0.0195. The lowest BCUT2D eigenvalue weighted by Gasteiger charge is -2.17. The smallest absolute Gasteiger partial charge is 0.373 e. The fourth-order valence-corrected chi connectivity index (χ4v) is 13.4. The molecule has 14 aromatic rings. The number of aliphatic hydroxyl groups is 3. The fourth-order valence-electron chi connectivity index (χ4n) is 13.4. The Bertz CT molecular complexity index is 5840. The number of carbonyl (C=O) groups is 1. The monoisotopic (exact) mass is 1600 g/mol. The molecule has 606 valence electrons. The van der Waals surface area contributed by atoms with Crippen molar-refractivity contribution in [3.05, 3.63) is 309 Å². The topological polar surface area (TPSA) is 396 Å². The number of tetrazole rings is 2. The van der Waals surface area contributed by atoms with E-state index in [-0.39, 0.29) is 24.8 Å². The number of aryl methyl sites for hydroxylation is 3. The molecule has 0 unspecified atom stereocenters. The lowest BCUT2D eigenvalue weighted by molar-refractivity contribution is -0.193. The number of anilines is 1. The summed E-state index contributed by atoms with van der Waals surface area (Å²) in [5.41, 5.74) is 17.8. The first-order valence-electron chi connectivity index (χ1n) is 37.8. The largest absolute Gasteiger partial charge is 0.508 e. The molecule has 1 aliphatic rings. The minimum atomic E-state index is -1.19. The molecule has 0 fully saturated rings. The van der Waals surface area contributed by atoms with Crippen LogP contribution in [0.4, 0.5) is 5.82 Å². The molecule has 0 aliphatic carbocycles. The summed E-state index contributed by atoms with van der Waals surface area (Å²) in [7, 11) is 1.60. The van der Waals surface area contributed by atoms with E-state index in [1.807, 2.05) is 84.8 Å². The Morgan fingerprint density at radius 2 is 0.899 bits per heavy atom. The summed E-state index contributed by atoms with van der Waals surface area (Å²) in [5.74, 6) is 5.68. The van der Waals surface area contributed by atoms with Gasteiger partial charge in [0.05, 0.1) is 17.9 Å². The molecule has 7 N–H and O–H groups in total. The number of hydrogen-bond acceptors (Lipinski definition) is 23. The molecule has 1 amide bonds. The second-order valence-electron chi connectivity index (χ2n) is 29.6. The van der Waals surface area contributed by atoms with Crippen molar-refractivity contribution in [2.45, 2.75) is 118 Å². The van der Waals surface area contributed by atoms with Gasteiger partial charge in [0.2, 0.25) is 18.1 Å². The number of aliphatic imine (C=N–C) groups is 1. The average Bonchev–Trinajstić information content (AvgIpc) is 1.76. The number of aromatic hydroxyl groups is 1. The van der Waals surface area contributed by atoms with E-state index in [0.717, 1.165) is 108 Å². The summed E-state index contributed by atoms with van der Waals surface area (Å²) >= 11 is 0. The van der Waals surface area contributed by atoms with Gasteiger partial charge in [0.1, 0.15) is 57.3 Å². The molecule has 1 aliphatic heterocycles. The van der Waals surface area contributed by atoms with Crippen LogP contribution in [0.25, 0.3) is 56.2 Å². The Hall–Kier alpha value is -14.3. The third kappa shape index (κ3) is 22.8. The van der Waals surface area contributed by atoms with Gasteiger partial charge < -0.3 is 48.9 Å². The van der Waals surface area contributed by atoms with Crippen LogP contribution < -0.4 is 10.1 Å². The number of amidine groups is 1. The Morgan fingerprint density at radius 1 is 0.479 bits per heavy atom. The number of carbonyl (C=O) groups excluding carboxylic acids is 5. The second-order valence-corrected chi connectivity index (χ2v) is 29.6. The number of amides is 1. The van der Waals surface area contributed by atoms with E-state index in [1.54, 1.807) is 60.8 Å². The fraction of sp³-hybridized carbons (Fsp3) is 0.233. The number of ether oxygens (including phenoxy) is 2. The van der Waals surface area contributed by atoms with Crippen molar-refractivity contribution < 1.29 is 53.9 Å². The molecule has 5 aromatic heterocycles. The predicted molar refractivity (Wildman–Crippen MR) is 444 cm³/mol. The summed E-state index contributed by atoms with van der Waals surface area (Å²) < 4.78 is 16.5. The molecule has 29 nitrogen and oxygen atoms in total. The predicted octanol–water partition coefficient (Wildman–Crippen LogP) is 13.8. The lowest BCUT2D eigenvalue weighted by Crippen LogP contribution is -2.19. The van der Waals surface area contributed by atoms with Crippen LogP contribution in [-0.2, 0) is 84.4 Å². The minimum absolute atomic E-state index is 0.225. The number of phenols is 1. The Kier molecular flexibility index (Phi) is 28.3. The third-order valence-corrected chi connectivity index (χ3v) is 19.3. The van der Waals surface area contributed by atoms with Gasteiger partial charge in [0.25, 0.3) is 0 Å². The number of azo groups is 1. The van der Waals surface area contributed by atoms with Crippen LogP contribution >= 0.6 is 0 Å². The molecule has 0 saturated heterocycles. The van der Waals surface area contributed by atoms with E-state index < -0.39 is 16.8 Å². The molecule has 0 spiro atoms. The maximum absolute atomic E-state index is 11.3. The number of methoxy groups -OCH3 is 1. The van der Waals surface area contributed by atoms with E-state index in [0.29, 0.717) is 85.3 Å². The molecule has 0 saturated carbocycles. The average molecular weight is 1600 g/mol. The van der Waals surface area contributed by atoms with Crippen LogP contribution in [0, 0.1) is 20.8 Å². The molecule has 29 heteroatoms. The number of aromatic nitrogens is 14. The van der Waals surface area contributed by atoms with Crippen LogP contribution in [0.2, 0.25) is 0 Å². The zero-order valence-corrected chi connectivity index (χ0v) is 67.4. The van der Waals surface area contributed by atoms with E-state index in [4.69, 9.17) is 28.7 Å². The Balaban J connectivity index is 0.000000169. The van der Waals surface area contributed by atoms with Crippen molar-refractivity contribution in [2.75, 3.05) is 25.9 Å². The number of imidazole rings is 3. The van der Waals surface area contributed by atoms with Gasteiger partial charge in [0.15, 0.2) is 19.3 Å². The number of nitrogens with zero attached hydrogens (tertiary/aromatic N) is 15. The van der Waals surface area contributed by atoms with Crippen molar-refractivity contribution in [3.8, 4) is 67.7 Å². The Morgan fingerprint density at radius 3 is 1.31 bits per heavy atom. The highest BCUT2D eigenvalue weighted by molar-refractivity contribution is 6.05. The third-order valence-electron chi connectivity index (χ3n) is 19.3. The molecule has 15 rings (SSSR count). The van der Waals surface area contributed by atoms with Crippen molar-refractivity contribution in [1.29, 1.82) is 0 Å². The summed E-state index contributed by atoms with van der Waals surface area (Å²) in [6, 6.07) is 69.8. The number of rotatable bonds is 26. The van der Waals surface area contributed by atoms with Crippen LogP contribution in [0.1, 0.15) is 132 Å². The van der Waals surface area contributed by atoms with Crippen molar-refractivity contribution in [1.82, 2.24) is 69.9 Å². The number of aromatic amines is 2. The molecule has 0 atom stereocenters. The van der Waals surface area contributed by atoms with Gasteiger partial charge in [-0.15, -0.1) is 25.5 Å². The zero-order valence-electron chi connectivity index (χ0n) is 67.4. The molecule has 0 radical (unpaired) electrons. The molecular weight excluding hydrogens is 1510 g/mol. The van der Waals surface area contributed by atoms with Gasteiger partial charge >= 0.3 is 12.3 Å².